The Balaban J connectivity index is 1.76. The summed E-state index contributed by atoms with van der Waals surface area (Å²) in [6.45, 7) is 3.22. The van der Waals surface area contributed by atoms with Crippen molar-refractivity contribution >= 4 is 0 Å². The maximum absolute atomic E-state index is 5.82. The van der Waals surface area contributed by atoms with Gasteiger partial charge in [-0.1, -0.05) is 12.1 Å². The lowest BCUT2D eigenvalue weighted by Gasteiger charge is -2.17. The third kappa shape index (κ3) is 4.88. The van der Waals surface area contributed by atoms with Gasteiger partial charge in [-0.05, 0) is 31.8 Å². The summed E-state index contributed by atoms with van der Waals surface area (Å²) in [6, 6.07) is 8.20. The number of likely N-dealkylation sites (N-methyl/N-ethyl adjacent to an activating group) is 1. The Morgan fingerprint density at radius 2 is 2.24 bits per heavy atom. The van der Waals surface area contributed by atoms with Gasteiger partial charge in [-0.25, -0.2) is 4.98 Å². The molecule has 1 N–H and O–H groups in total. The van der Waals surface area contributed by atoms with E-state index in [4.69, 9.17) is 4.74 Å². The molecule has 1 aromatic heterocycles. The molecule has 0 amide bonds. The molecule has 0 radical (unpaired) electrons. The second-order valence-corrected chi connectivity index (χ2v) is 5.22. The number of aromatic nitrogens is 2. The van der Waals surface area contributed by atoms with E-state index in [9.17, 15) is 0 Å². The molecule has 0 atom stereocenters. The van der Waals surface area contributed by atoms with E-state index in [-0.39, 0.29) is 0 Å². The molecule has 0 aliphatic heterocycles. The van der Waals surface area contributed by atoms with Crippen LogP contribution in [0.1, 0.15) is 11.4 Å². The molecule has 114 valence electrons. The van der Waals surface area contributed by atoms with E-state index in [0.29, 0.717) is 6.61 Å². The van der Waals surface area contributed by atoms with Gasteiger partial charge in [0.15, 0.2) is 0 Å². The molecule has 0 aliphatic carbocycles. The molecular formula is C16H24N4O. The zero-order chi connectivity index (χ0) is 15.1. The summed E-state index contributed by atoms with van der Waals surface area (Å²) in [5.41, 5.74) is 1.23. The third-order valence-corrected chi connectivity index (χ3v) is 3.35. The first-order valence-corrected chi connectivity index (χ1v) is 7.20. The van der Waals surface area contributed by atoms with E-state index in [2.05, 4.69) is 34.4 Å². The third-order valence-electron chi connectivity index (χ3n) is 3.35. The van der Waals surface area contributed by atoms with Crippen LogP contribution in [0.5, 0.6) is 5.75 Å². The van der Waals surface area contributed by atoms with E-state index < -0.39 is 0 Å². The summed E-state index contributed by atoms with van der Waals surface area (Å²) in [5.74, 6) is 1.99. The minimum atomic E-state index is 0.671. The zero-order valence-electron chi connectivity index (χ0n) is 13.0. The smallest absolute Gasteiger partial charge is 0.122 e. The number of hydrogen-bond acceptors (Lipinski definition) is 4. The van der Waals surface area contributed by atoms with Gasteiger partial charge in [0, 0.05) is 32.5 Å². The molecule has 5 heteroatoms. The Labute approximate surface area is 126 Å². The molecule has 2 aromatic rings. The Morgan fingerprint density at radius 3 is 2.95 bits per heavy atom. The Kier molecular flexibility index (Phi) is 5.78. The van der Waals surface area contributed by atoms with E-state index >= 15 is 0 Å². The first-order chi connectivity index (χ1) is 10.2. The topological polar surface area (TPSA) is 42.3 Å². The number of hydrogen-bond donors (Lipinski definition) is 1. The SMILES string of the molecule is CNCc1cccc(OCCN(C)Cc2nccn2C)c1. The second-order valence-electron chi connectivity index (χ2n) is 5.22. The number of rotatable bonds is 8. The van der Waals surface area contributed by atoms with Crippen LogP contribution in [0.25, 0.3) is 0 Å². The lowest BCUT2D eigenvalue weighted by atomic mass is 10.2. The van der Waals surface area contributed by atoms with Crippen LogP contribution in [0, 0.1) is 0 Å². The minimum Gasteiger partial charge on any atom is -0.492 e. The summed E-state index contributed by atoms with van der Waals surface area (Å²) >= 11 is 0. The molecule has 0 fully saturated rings. The van der Waals surface area contributed by atoms with Crippen molar-refractivity contribution in [3.8, 4) is 5.75 Å². The van der Waals surface area contributed by atoms with Crippen LogP contribution in [0.3, 0.4) is 0 Å². The fraction of sp³-hybridized carbons (Fsp3) is 0.438. The van der Waals surface area contributed by atoms with Crippen LogP contribution in [-0.4, -0.2) is 41.7 Å². The Hall–Kier alpha value is -1.85. The summed E-state index contributed by atoms with van der Waals surface area (Å²) < 4.78 is 7.86. The summed E-state index contributed by atoms with van der Waals surface area (Å²) in [5, 5.41) is 3.14. The molecule has 2 rings (SSSR count). The van der Waals surface area contributed by atoms with E-state index in [1.807, 2.05) is 43.2 Å². The maximum atomic E-state index is 5.82. The molecule has 0 spiro atoms. The largest absolute Gasteiger partial charge is 0.492 e. The van der Waals surface area contributed by atoms with Gasteiger partial charge in [0.25, 0.3) is 0 Å². The van der Waals surface area contributed by atoms with Crippen molar-refractivity contribution in [2.75, 3.05) is 27.2 Å². The van der Waals surface area contributed by atoms with Crippen LogP contribution in [0.15, 0.2) is 36.7 Å². The molecule has 0 saturated heterocycles. The van der Waals surface area contributed by atoms with Gasteiger partial charge >= 0.3 is 0 Å². The number of nitrogens with zero attached hydrogens (tertiary/aromatic N) is 3. The molecule has 0 unspecified atom stereocenters. The molecule has 1 heterocycles. The predicted molar refractivity (Wildman–Crippen MR) is 84.2 cm³/mol. The minimum absolute atomic E-state index is 0.671. The highest BCUT2D eigenvalue weighted by atomic mass is 16.5. The average Bonchev–Trinajstić information content (AvgIpc) is 2.85. The highest BCUT2D eigenvalue weighted by Gasteiger charge is 2.04. The van der Waals surface area contributed by atoms with Crippen molar-refractivity contribution in [1.82, 2.24) is 19.8 Å². The average molecular weight is 288 g/mol. The van der Waals surface area contributed by atoms with Gasteiger partial charge < -0.3 is 14.6 Å². The monoisotopic (exact) mass is 288 g/mol. The van der Waals surface area contributed by atoms with E-state index in [1.54, 1.807) is 0 Å². The van der Waals surface area contributed by atoms with Crippen LogP contribution < -0.4 is 10.1 Å². The molecule has 5 nitrogen and oxygen atoms in total. The van der Waals surface area contributed by atoms with Crippen molar-refractivity contribution in [3.63, 3.8) is 0 Å². The van der Waals surface area contributed by atoms with Crippen molar-refractivity contribution in [3.05, 3.63) is 48.0 Å². The lowest BCUT2D eigenvalue weighted by molar-refractivity contribution is 0.228. The van der Waals surface area contributed by atoms with Crippen molar-refractivity contribution in [1.29, 1.82) is 0 Å². The highest BCUT2D eigenvalue weighted by Crippen LogP contribution is 2.13. The fourth-order valence-electron chi connectivity index (χ4n) is 2.14. The standard InChI is InChI=1S/C16H24N4O/c1-17-12-14-5-4-6-15(11-14)21-10-9-19(2)13-16-18-7-8-20(16)3/h4-8,11,17H,9-10,12-13H2,1-3H3. The highest BCUT2D eigenvalue weighted by molar-refractivity contribution is 5.28. The zero-order valence-corrected chi connectivity index (χ0v) is 13.0. The van der Waals surface area contributed by atoms with Crippen molar-refractivity contribution in [2.24, 2.45) is 7.05 Å². The number of nitrogens with one attached hydrogen (secondary N) is 1. The summed E-state index contributed by atoms with van der Waals surface area (Å²) in [6.07, 6.45) is 3.79. The molecule has 21 heavy (non-hydrogen) atoms. The molecular weight excluding hydrogens is 264 g/mol. The number of benzene rings is 1. The molecule has 0 aliphatic rings. The summed E-state index contributed by atoms with van der Waals surface area (Å²) in [7, 11) is 6.04. The first kappa shape index (κ1) is 15.5. The van der Waals surface area contributed by atoms with E-state index in [1.165, 1.54) is 5.56 Å². The van der Waals surface area contributed by atoms with Gasteiger partial charge in [-0.3, -0.25) is 4.90 Å². The maximum Gasteiger partial charge on any atom is 0.122 e. The van der Waals surface area contributed by atoms with Crippen LogP contribution in [0.2, 0.25) is 0 Å². The second kappa shape index (κ2) is 7.81. The van der Waals surface area contributed by atoms with Gasteiger partial charge in [0.05, 0.1) is 6.54 Å². The van der Waals surface area contributed by atoms with Crippen LogP contribution >= 0.6 is 0 Å². The molecule has 0 bridgehead atoms. The molecule has 1 aromatic carbocycles. The van der Waals surface area contributed by atoms with Crippen LogP contribution in [-0.2, 0) is 20.1 Å². The Bertz CT molecular complexity index is 553. The first-order valence-electron chi connectivity index (χ1n) is 7.20. The number of imidazole rings is 1. The van der Waals surface area contributed by atoms with Crippen LogP contribution in [0.4, 0.5) is 0 Å². The van der Waals surface area contributed by atoms with Crippen molar-refractivity contribution < 1.29 is 4.74 Å². The normalized spacial score (nSPS) is 11.0. The quantitative estimate of drug-likeness (QED) is 0.802. The predicted octanol–water partition coefficient (Wildman–Crippen LogP) is 1.65. The van der Waals surface area contributed by atoms with Gasteiger partial charge in [0.1, 0.15) is 18.2 Å². The lowest BCUT2D eigenvalue weighted by Crippen LogP contribution is -2.25. The number of ether oxygens (including phenoxy) is 1. The number of aryl methyl sites for hydroxylation is 1. The van der Waals surface area contributed by atoms with Gasteiger partial charge in [-0.2, -0.15) is 0 Å². The van der Waals surface area contributed by atoms with E-state index in [0.717, 1.165) is 31.2 Å². The summed E-state index contributed by atoms with van der Waals surface area (Å²) in [4.78, 5) is 6.54. The Morgan fingerprint density at radius 1 is 1.38 bits per heavy atom. The van der Waals surface area contributed by atoms with Crippen molar-refractivity contribution in [2.45, 2.75) is 13.1 Å². The van der Waals surface area contributed by atoms with Gasteiger partial charge in [-0.15, -0.1) is 0 Å². The fourth-order valence-corrected chi connectivity index (χ4v) is 2.14. The van der Waals surface area contributed by atoms with Gasteiger partial charge in [0.2, 0.25) is 0 Å². The molecule has 0 saturated carbocycles.